The first kappa shape index (κ1) is 12.3. The van der Waals surface area contributed by atoms with E-state index in [1.54, 1.807) is 0 Å². The highest BCUT2D eigenvalue weighted by molar-refractivity contribution is 6.06. The number of hydrogen-bond donors (Lipinski definition) is 0. The lowest BCUT2D eigenvalue weighted by atomic mass is 9.92. The number of hydrogen-bond acceptors (Lipinski definition) is 1. The Morgan fingerprint density at radius 1 is 1.00 bits per heavy atom. The minimum absolute atomic E-state index is 0.588. The first-order chi connectivity index (χ1) is 9.31. The Hall–Kier alpha value is -1.76. The molecule has 1 aromatic heterocycles. The van der Waals surface area contributed by atoms with E-state index < -0.39 is 0 Å². The molecule has 3 aromatic rings. The molecule has 0 spiro atoms. The third kappa shape index (κ3) is 2.14. The smallest absolute Gasteiger partial charge is 0.135 e. The van der Waals surface area contributed by atoms with E-state index in [-0.39, 0.29) is 0 Å². The van der Waals surface area contributed by atoms with Crippen LogP contribution >= 0.6 is 0 Å². The molecule has 19 heavy (non-hydrogen) atoms. The molecule has 1 heterocycles. The van der Waals surface area contributed by atoms with Crippen molar-refractivity contribution >= 4 is 21.9 Å². The molecule has 0 bridgehead atoms. The molecule has 2 aromatic carbocycles. The standard InChI is InChI=1S/C18H20O/c1-3-4-8-13(2)14-10-7-12-17-18(14)15-9-5-6-11-16(15)19-17/h5-7,9-13H,3-4,8H2,1-2H3/t13-/m0/s1. The highest BCUT2D eigenvalue weighted by Gasteiger charge is 2.14. The average Bonchev–Trinajstić information content (AvgIpc) is 2.83. The number of unbranched alkanes of at least 4 members (excludes halogenated alkanes) is 1. The molecule has 1 atom stereocenters. The Balaban J connectivity index is 2.18. The van der Waals surface area contributed by atoms with Crippen LogP contribution in [0.4, 0.5) is 0 Å². The topological polar surface area (TPSA) is 13.1 Å². The summed E-state index contributed by atoms with van der Waals surface area (Å²) in [5.41, 5.74) is 3.44. The molecule has 3 rings (SSSR count). The van der Waals surface area contributed by atoms with Gasteiger partial charge in [0, 0.05) is 10.8 Å². The van der Waals surface area contributed by atoms with Crippen LogP contribution in [0.3, 0.4) is 0 Å². The number of fused-ring (bicyclic) bond motifs is 3. The maximum absolute atomic E-state index is 5.95. The normalized spacial score (nSPS) is 13.2. The first-order valence-corrected chi connectivity index (χ1v) is 7.21. The molecule has 0 N–H and O–H groups in total. The lowest BCUT2D eigenvalue weighted by Gasteiger charge is -2.12. The van der Waals surface area contributed by atoms with Gasteiger partial charge in [-0.3, -0.25) is 0 Å². The minimum Gasteiger partial charge on any atom is -0.456 e. The van der Waals surface area contributed by atoms with Gasteiger partial charge in [0.05, 0.1) is 0 Å². The van der Waals surface area contributed by atoms with Crippen molar-refractivity contribution in [1.82, 2.24) is 0 Å². The van der Waals surface area contributed by atoms with Crippen molar-refractivity contribution in [3.05, 3.63) is 48.0 Å². The largest absolute Gasteiger partial charge is 0.456 e. The zero-order chi connectivity index (χ0) is 13.2. The molecule has 0 radical (unpaired) electrons. The number of benzene rings is 2. The highest BCUT2D eigenvalue weighted by atomic mass is 16.3. The van der Waals surface area contributed by atoms with Gasteiger partial charge in [0.15, 0.2) is 0 Å². The first-order valence-electron chi connectivity index (χ1n) is 7.21. The van der Waals surface area contributed by atoms with E-state index in [2.05, 4.69) is 50.2 Å². The molecule has 0 fully saturated rings. The van der Waals surface area contributed by atoms with E-state index in [1.807, 2.05) is 6.07 Å². The van der Waals surface area contributed by atoms with Crippen molar-refractivity contribution in [1.29, 1.82) is 0 Å². The van der Waals surface area contributed by atoms with Crippen molar-refractivity contribution in [2.45, 2.75) is 39.0 Å². The summed E-state index contributed by atoms with van der Waals surface area (Å²) in [5, 5.41) is 2.55. The molecule has 0 aliphatic carbocycles. The Morgan fingerprint density at radius 2 is 1.79 bits per heavy atom. The molecular formula is C18H20O. The second-order valence-corrected chi connectivity index (χ2v) is 5.36. The quantitative estimate of drug-likeness (QED) is 0.565. The molecule has 0 amide bonds. The summed E-state index contributed by atoms with van der Waals surface area (Å²) in [6, 6.07) is 14.8. The molecule has 0 aliphatic heterocycles. The van der Waals surface area contributed by atoms with Crippen LogP contribution in [-0.2, 0) is 0 Å². The Morgan fingerprint density at radius 3 is 2.63 bits per heavy atom. The van der Waals surface area contributed by atoms with Crippen LogP contribution in [0.2, 0.25) is 0 Å². The SMILES string of the molecule is CCCC[C@H](C)c1cccc2oc3ccccc3c12. The van der Waals surface area contributed by atoms with Gasteiger partial charge in [-0.25, -0.2) is 0 Å². The number of rotatable bonds is 4. The van der Waals surface area contributed by atoms with Crippen molar-refractivity contribution in [2.24, 2.45) is 0 Å². The minimum atomic E-state index is 0.588. The van der Waals surface area contributed by atoms with Crippen LogP contribution in [0, 0.1) is 0 Å². The van der Waals surface area contributed by atoms with E-state index in [1.165, 1.54) is 35.6 Å². The molecule has 0 saturated heterocycles. The maximum atomic E-state index is 5.95. The van der Waals surface area contributed by atoms with Gasteiger partial charge in [-0.2, -0.15) is 0 Å². The summed E-state index contributed by atoms with van der Waals surface area (Å²) in [7, 11) is 0. The molecule has 0 unspecified atom stereocenters. The van der Waals surface area contributed by atoms with Gasteiger partial charge >= 0.3 is 0 Å². The molecular weight excluding hydrogens is 232 g/mol. The zero-order valence-corrected chi connectivity index (χ0v) is 11.6. The molecule has 1 heteroatoms. The van der Waals surface area contributed by atoms with Crippen molar-refractivity contribution < 1.29 is 4.42 Å². The van der Waals surface area contributed by atoms with Crippen LogP contribution in [0.1, 0.15) is 44.6 Å². The number of para-hydroxylation sites is 1. The lowest BCUT2D eigenvalue weighted by molar-refractivity contribution is 0.626. The van der Waals surface area contributed by atoms with Crippen LogP contribution in [0.15, 0.2) is 46.9 Å². The van der Waals surface area contributed by atoms with Gasteiger partial charge in [-0.05, 0) is 30.0 Å². The second-order valence-electron chi connectivity index (χ2n) is 5.36. The van der Waals surface area contributed by atoms with E-state index in [0.717, 1.165) is 11.2 Å². The summed E-state index contributed by atoms with van der Waals surface area (Å²) >= 11 is 0. The maximum Gasteiger partial charge on any atom is 0.135 e. The van der Waals surface area contributed by atoms with Crippen molar-refractivity contribution in [3.8, 4) is 0 Å². The third-order valence-electron chi connectivity index (χ3n) is 3.96. The summed E-state index contributed by atoms with van der Waals surface area (Å²) < 4.78 is 5.95. The monoisotopic (exact) mass is 252 g/mol. The molecule has 0 aliphatic rings. The number of furan rings is 1. The van der Waals surface area contributed by atoms with E-state index in [4.69, 9.17) is 4.42 Å². The van der Waals surface area contributed by atoms with Crippen LogP contribution in [0.5, 0.6) is 0 Å². The van der Waals surface area contributed by atoms with Gasteiger partial charge in [0.25, 0.3) is 0 Å². The molecule has 0 saturated carbocycles. The molecule has 98 valence electrons. The van der Waals surface area contributed by atoms with E-state index in [9.17, 15) is 0 Å². The predicted molar refractivity (Wildman–Crippen MR) is 81.7 cm³/mol. The zero-order valence-electron chi connectivity index (χ0n) is 11.6. The van der Waals surface area contributed by atoms with Gasteiger partial charge in [-0.1, -0.05) is 57.0 Å². The lowest BCUT2D eigenvalue weighted by Crippen LogP contribution is -1.94. The second kappa shape index (κ2) is 5.08. The van der Waals surface area contributed by atoms with Crippen molar-refractivity contribution in [3.63, 3.8) is 0 Å². The van der Waals surface area contributed by atoms with E-state index in [0.29, 0.717) is 5.92 Å². The van der Waals surface area contributed by atoms with Gasteiger partial charge in [0.1, 0.15) is 11.2 Å². The van der Waals surface area contributed by atoms with Crippen LogP contribution < -0.4 is 0 Å². The van der Waals surface area contributed by atoms with Gasteiger partial charge < -0.3 is 4.42 Å². The third-order valence-corrected chi connectivity index (χ3v) is 3.96. The highest BCUT2D eigenvalue weighted by Crippen LogP contribution is 2.35. The predicted octanol–water partition coefficient (Wildman–Crippen LogP) is 5.88. The fraction of sp³-hybridized carbons (Fsp3) is 0.333. The summed E-state index contributed by atoms with van der Waals surface area (Å²) in [6.07, 6.45) is 3.79. The average molecular weight is 252 g/mol. The molecule has 1 nitrogen and oxygen atoms in total. The Bertz CT molecular complexity index is 693. The summed E-state index contributed by atoms with van der Waals surface area (Å²) in [6.45, 7) is 4.58. The van der Waals surface area contributed by atoms with E-state index >= 15 is 0 Å². The fourth-order valence-electron chi connectivity index (χ4n) is 2.88. The van der Waals surface area contributed by atoms with Crippen LogP contribution in [-0.4, -0.2) is 0 Å². The van der Waals surface area contributed by atoms with Gasteiger partial charge in [-0.15, -0.1) is 0 Å². The summed E-state index contributed by atoms with van der Waals surface area (Å²) in [5.74, 6) is 0.588. The van der Waals surface area contributed by atoms with Gasteiger partial charge in [0.2, 0.25) is 0 Å². The Labute approximate surface area is 114 Å². The fourth-order valence-corrected chi connectivity index (χ4v) is 2.88. The summed E-state index contributed by atoms with van der Waals surface area (Å²) in [4.78, 5) is 0. The van der Waals surface area contributed by atoms with Crippen molar-refractivity contribution in [2.75, 3.05) is 0 Å². The Kier molecular flexibility index (Phi) is 3.29. The van der Waals surface area contributed by atoms with Crippen LogP contribution in [0.25, 0.3) is 21.9 Å².